The molecule has 0 saturated carbocycles. The van der Waals surface area contributed by atoms with Gasteiger partial charge in [0.1, 0.15) is 46.1 Å². The maximum Gasteiger partial charge on any atom is 0.331 e. The number of aromatic hydroxyl groups is 1. The van der Waals surface area contributed by atoms with Gasteiger partial charge in [0.25, 0.3) is 0 Å². The van der Waals surface area contributed by atoms with E-state index in [0.29, 0.717) is 12.0 Å². The lowest BCUT2D eigenvalue weighted by atomic mass is 9.94. The Morgan fingerprint density at radius 3 is 2.16 bits per heavy atom. The highest BCUT2D eigenvalue weighted by atomic mass is 16.5. The molecule has 0 radical (unpaired) electrons. The van der Waals surface area contributed by atoms with Crippen LogP contribution in [0.2, 0.25) is 0 Å². The van der Waals surface area contributed by atoms with Gasteiger partial charge in [-0.2, -0.15) is 0 Å². The molecule has 0 amide bonds. The fourth-order valence-corrected chi connectivity index (χ4v) is 4.63. The Bertz CT molecular complexity index is 1820. The van der Waals surface area contributed by atoms with Crippen LogP contribution in [0.4, 0.5) is 0 Å². The number of phenolic OH excluding ortho intramolecular Hbond substituents is 1. The maximum absolute atomic E-state index is 13.3. The van der Waals surface area contributed by atoms with Gasteiger partial charge >= 0.3 is 11.9 Å². The molecule has 0 fully saturated rings. The molecule has 0 unspecified atom stereocenters. The second-order valence-electron chi connectivity index (χ2n) is 10.5. The number of carbonyl (C=O) groups is 2. The summed E-state index contributed by atoms with van der Waals surface area (Å²) in [6.45, 7) is 1.61. The third kappa shape index (κ3) is 6.81. The van der Waals surface area contributed by atoms with Gasteiger partial charge in [0.05, 0.1) is 5.56 Å². The summed E-state index contributed by atoms with van der Waals surface area (Å²) in [6, 6.07) is 26.5. The Morgan fingerprint density at radius 2 is 1.51 bits per heavy atom. The number of nitrogens with two attached hydrogens (primary N) is 2. The molecule has 0 saturated heterocycles. The minimum atomic E-state index is -1.25. The lowest BCUT2D eigenvalue weighted by molar-refractivity contribution is -0.140. The zero-order valence-electron chi connectivity index (χ0n) is 23.4. The smallest absolute Gasteiger partial charge is 0.331 e. The Labute approximate surface area is 247 Å². The Balaban J connectivity index is 1.29. The van der Waals surface area contributed by atoms with Crippen LogP contribution in [0.1, 0.15) is 18.1 Å². The second-order valence-corrected chi connectivity index (χ2v) is 10.5. The molecule has 5 aromatic rings. The molecule has 0 aliphatic heterocycles. The monoisotopic (exact) mass is 578 g/mol. The van der Waals surface area contributed by atoms with Crippen molar-refractivity contribution in [2.45, 2.75) is 31.3 Å². The zero-order chi connectivity index (χ0) is 30.6. The lowest BCUT2D eigenvalue weighted by Crippen LogP contribution is -2.49. The van der Waals surface area contributed by atoms with E-state index in [2.05, 4.69) is 0 Å². The van der Waals surface area contributed by atoms with E-state index in [0.717, 1.165) is 17.2 Å². The quantitative estimate of drug-likeness (QED) is 0.169. The van der Waals surface area contributed by atoms with Gasteiger partial charge in [-0.1, -0.05) is 72.8 Å². The molecule has 0 aliphatic carbocycles. The maximum atomic E-state index is 13.3. The molecule has 1 aromatic heterocycles. The summed E-state index contributed by atoms with van der Waals surface area (Å²) in [6.07, 6.45) is 1.82. The minimum absolute atomic E-state index is 0.0141. The molecule has 5 rings (SSSR count). The summed E-state index contributed by atoms with van der Waals surface area (Å²) in [5.41, 5.74) is 12.9. The van der Waals surface area contributed by atoms with Crippen LogP contribution in [-0.2, 0) is 22.4 Å². The Morgan fingerprint density at radius 1 is 0.884 bits per heavy atom. The highest BCUT2D eigenvalue weighted by Crippen LogP contribution is 2.31. The van der Waals surface area contributed by atoms with Crippen molar-refractivity contribution in [3.05, 3.63) is 125 Å². The van der Waals surface area contributed by atoms with Crippen LogP contribution >= 0.6 is 0 Å². The zero-order valence-corrected chi connectivity index (χ0v) is 23.4. The van der Waals surface area contributed by atoms with Crippen molar-refractivity contribution in [1.82, 2.24) is 0 Å². The molecular formula is C34H30N2O7. The van der Waals surface area contributed by atoms with E-state index >= 15 is 0 Å². The number of carbonyl (C=O) groups excluding carboxylic acids is 2. The number of fused-ring (bicyclic) bond motifs is 1. The molecule has 43 heavy (non-hydrogen) atoms. The first-order valence-corrected chi connectivity index (χ1v) is 13.6. The van der Waals surface area contributed by atoms with E-state index in [9.17, 15) is 19.5 Å². The fraction of sp³-hybridized carbons (Fsp3) is 0.147. The summed E-state index contributed by atoms with van der Waals surface area (Å²) in [5, 5.41) is 10.6. The molecule has 0 bridgehead atoms. The third-order valence-corrected chi connectivity index (χ3v) is 6.91. The van der Waals surface area contributed by atoms with E-state index in [1.54, 1.807) is 19.1 Å². The Hall–Kier alpha value is -5.25. The second kappa shape index (κ2) is 12.3. The van der Waals surface area contributed by atoms with Gasteiger partial charge < -0.3 is 30.5 Å². The van der Waals surface area contributed by atoms with E-state index < -0.39 is 34.7 Å². The summed E-state index contributed by atoms with van der Waals surface area (Å²) in [4.78, 5) is 38.6. The van der Waals surface area contributed by atoms with E-state index in [1.165, 1.54) is 24.5 Å². The number of esters is 2. The summed E-state index contributed by atoms with van der Waals surface area (Å²) >= 11 is 0. The topological polar surface area (TPSA) is 155 Å². The van der Waals surface area contributed by atoms with Crippen molar-refractivity contribution in [2.75, 3.05) is 0 Å². The Kier molecular flexibility index (Phi) is 8.38. The van der Waals surface area contributed by atoms with Crippen LogP contribution < -0.4 is 26.4 Å². The molecule has 218 valence electrons. The molecule has 2 atom stereocenters. The summed E-state index contributed by atoms with van der Waals surface area (Å²) in [7, 11) is 0. The van der Waals surface area contributed by atoms with Gasteiger partial charge in [0, 0.05) is 18.6 Å². The first kappa shape index (κ1) is 29.2. The van der Waals surface area contributed by atoms with E-state index in [1.807, 2.05) is 60.7 Å². The SMILES string of the molecule is C[C@](N)(Cc1ccccc1)C(=O)Oc1ccc(-c2coc3cc(OC(=O)[C@@H](N)Cc4ccccc4)cc(O)c3c2=O)cc1. The number of rotatable bonds is 9. The first-order valence-electron chi connectivity index (χ1n) is 13.6. The fourth-order valence-electron chi connectivity index (χ4n) is 4.63. The van der Waals surface area contributed by atoms with E-state index in [4.69, 9.17) is 25.4 Å². The lowest BCUT2D eigenvalue weighted by Gasteiger charge is -2.22. The van der Waals surface area contributed by atoms with Crippen LogP contribution in [0.25, 0.3) is 22.1 Å². The van der Waals surface area contributed by atoms with Gasteiger partial charge in [-0.05, 0) is 42.2 Å². The normalized spacial score (nSPS) is 13.2. The molecule has 0 spiro atoms. The van der Waals surface area contributed by atoms with Gasteiger partial charge in [0.2, 0.25) is 5.43 Å². The van der Waals surface area contributed by atoms with Crippen LogP contribution in [0.3, 0.4) is 0 Å². The number of ether oxygens (including phenoxy) is 2. The average Bonchev–Trinajstić information content (AvgIpc) is 2.98. The third-order valence-electron chi connectivity index (χ3n) is 6.91. The van der Waals surface area contributed by atoms with Gasteiger partial charge in [-0.3, -0.25) is 4.79 Å². The standard InChI is InChI=1S/C34H30N2O7/c1-34(36,19-22-10-6-3-7-11-22)33(40)43-24-14-12-23(13-15-24)26-20-41-29-18-25(17-28(37)30(29)31(26)38)42-32(39)27(35)16-21-8-4-2-5-9-21/h2-15,17-18,20,27,37H,16,19,35-36H2,1H3/t27-,34-/m0/s1. The van der Waals surface area contributed by atoms with E-state index in [-0.39, 0.29) is 34.5 Å². The largest absolute Gasteiger partial charge is 0.507 e. The molecule has 9 nitrogen and oxygen atoms in total. The van der Waals surface area contributed by atoms with Crippen molar-refractivity contribution in [2.24, 2.45) is 11.5 Å². The predicted molar refractivity (Wildman–Crippen MR) is 162 cm³/mol. The number of phenols is 1. The molecule has 9 heteroatoms. The number of hydrogen-bond acceptors (Lipinski definition) is 9. The molecule has 4 aromatic carbocycles. The summed E-state index contributed by atoms with van der Waals surface area (Å²) in [5.74, 6) is -1.48. The van der Waals surface area contributed by atoms with Crippen molar-refractivity contribution in [3.63, 3.8) is 0 Å². The highest BCUT2D eigenvalue weighted by molar-refractivity contribution is 5.89. The molecule has 1 heterocycles. The molecule has 0 aliphatic rings. The van der Waals surface area contributed by atoms with Crippen molar-refractivity contribution < 1.29 is 28.6 Å². The summed E-state index contributed by atoms with van der Waals surface area (Å²) < 4.78 is 16.5. The van der Waals surface area contributed by atoms with Crippen LogP contribution in [0.15, 0.2) is 113 Å². The van der Waals surface area contributed by atoms with Gasteiger partial charge in [0.15, 0.2) is 0 Å². The highest BCUT2D eigenvalue weighted by Gasteiger charge is 2.31. The van der Waals surface area contributed by atoms with Crippen molar-refractivity contribution in [3.8, 4) is 28.4 Å². The van der Waals surface area contributed by atoms with Crippen LogP contribution in [0.5, 0.6) is 17.2 Å². The van der Waals surface area contributed by atoms with Crippen LogP contribution in [0, 0.1) is 0 Å². The first-order chi connectivity index (χ1) is 20.6. The molecular weight excluding hydrogens is 548 g/mol. The van der Waals surface area contributed by atoms with Gasteiger partial charge in [-0.15, -0.1) is 0 Å². The average molecular weight is 579 g/mol. The van der Waals surface area contributed by atoms with Crippen molar-refractivity contribution >= 4 is 22.9 Å². The predicted octanol–water partition coefficient (Wildman–Crippen LogP) is 4.51. The molecule has 5 N–H and O–H groups in total. The number of benzene rings is 4. The minimum Gasteiger partial charge on any atom is -0.507 e. The number of hydrogen-bond donors (Lipinski definition) is 3. The van der Waals surface area contributed by atoms with Crippen molar-refractivity contribution in [1.29, 1.82) is 0 Å². The van der Waals surface area contributed by atoms with Gasteiger partial charge in [-0.25, -0.2) is 9.59 Å². The van der Waals surface area contributed by atoms with Crippen LogP contribution in [-0.4, -0.2) is 28.6 Å².